The van der Waals surface area contributed by atoms with Crippen LogP contribution < -0.4 is 5.73 Å². The molecule has 1 fully saturated rings. The van der Waals surface area contributed by atoms with E-state index in [4.69, 9.17) is 5.73 Å². The molecule has 0 saturated carbocycles. The third-order valence-corrected chi connectivity index (χ3v) is 6.80. The number of nitrogens with zero attached hydrogens (tertiary/aromatic N) is 8. The highest BCUT2D eigenvalue weighted by atomic mass is 19.1. The number of piperazine rings is 1. The normalized spacial score (nSPS) is 15.3. The highest BCUT2D eigenvalue weighted by Crippen LogP contribution is 2.32. The van der Waals surface area contributed by atoms with Crippen LogP contribution in [0.3, 0.4) is 0 Å². The van der Waals surface area contributed by atoms with Crippen LogP contribution in [0.1, 0.15) is 37.9 Å². The number of anilines is 1. The quantitative estimate of drug-likeness (QED) is 0.439. The van der Waals surface area contributed by atoms with E-state index in [0.717, 1.165) is 61.4 Å². The van der Waals surface area contributed by atoms with E-state index in [1.165, 1.54) is 0 Å². The predicted molar refractivity (Wildman–Crippen MR) is 139 cm³/mol. The molecule has 0 radical (unpaired) electrons. The van der Waals surface area contributed by atoms with Crippen LogP contribution in [0.25, 0.3) is 33.7 Å². The van der Waals surface area contributed by atoms with E-state index in [1.54, 1.807) is 18.5 Å². The molecule has 1 aliphatic heterocycles. The maximum absolute atomic E-state index is 15.7. The lowest BCUT2D eigenvalue weighted by Crippen LogP contribution is -2.45. The Morgan fingerprint density at radius 1 is 1.00 bits per heavy atom. The van der Waals surface area contributed by atoms with Crippen LogP contribution in [-0.4, -0.2) is 72.2 Å². The van der Waals surface area contributed by atoms with Gasteiger partial charge in [-0.1, -0.05) is 26.8 Å². The predicted octanol–water partition coefficient (Wildman–Crippen LogP) is 3.47. The lowest BCUT2D eigenvalue weighted by Gasteiger charge is -2.33. The van der Waals surface area contributed by atoms with Crippen LogP contribution >= 0.6 is 0 Å². The van der Waals surface area contributed by atoms with Crippen LogP contribution in [0.15, 0.2) is 30.6 Å². The molecule has 2 N–H and O–H groups in total. The Balaban J connectivity index is 1.44. The molecule has 9 nitrogen and oxygen atoms in total. The van der Waals surface area contributed by atoms with Gasteiger partial charge in [0.15, 0.2) is 11.6 Å². The smallest absolute Gasteiger partial charge is 0.221 e. The Labute approximate surface area is 210 Å². The van der Waals surface area contributed by atoms with Crippen molar-refractivity contribution < 1.29 is 4.39 Å². The molecule has 10 heteroatoms. The SMILES string of the molecule is CCN1CCN(Cc2cnc(-c3nc(N)nc(-c4ccc5nn(C)c(C(C)C)c5c4)c3F)nc2)CC1. The van der Waals surface area contributed by atoms with Gasteiger partial charge in [-0.15, -0.1) is 0 Å². The van der Waals surface area contributed by atoms with Crippen molar-refractivity contribution in [2.45, 2.75) is 33.2 Å². The molecule has 0 unspecified atom stereocenters. The second-order valence-electron chi connectivity index (χ2n) is 9.61. The summed E-state index contributed by atoms with van der Waals surface area (Å²) < 4.78 is 17.6. The first-order chi connectivity index (χ1) is 17.3. The second kappa shape index (κ2) is 9.87. The van der Waals surface area contributed by atoms with E-state index in [-0.39, 0.29) is 29.1 Å². The van der Waals surface area contributed by atoms with Crippen molar-refractivity contribution in [3.63, 3.8) is 0 Å². The molecule has 0 atom stereocenters. The molecule has 0 aliphatic carbocycles. The fraction of sp³-hybridized carbons (Fsp3) is 0.423. The van der Waals surface area contributed by atoms with Crippen molar-refractivity contribution in [1.82, 2.24) is 39.5 Å². The number of halogens is 1. The minimum Gasteiger partial charge on any atom is -0.368 e. The zero-order valence-electron chi connectivity index (χ0n) is 21.2. The van der Waals surface area contributed by atoms with Gasteiger partial charge < -0.3 is 10.6 Å². The van der Waals surface area contributed by atoms with Crippen molar-refractivity contribution in [2.75, 3.05) is 38.5 Å². The molecule has 1 saturated heterocycles. The molecule has 0 spiro atoms. The highest BCUT2D eigenvalue weighted by Gasteiger charge is 2.21. The Morgan fingerprint density at radius 2 is 1.67 bits per heavy atom. The zero-order chi connectivity index (χ0) is 25.4. The second-order valence-corrected chi connectivity index (χ2v) is 9.61. The Hall–Kier alpha value is -3.50. The maximum Gasteiger partial charge on any atom is 0.221 e. The summed E-state index contributed by atoms with van der Waals surface area (Å²) in [5.41, 5.74) is 9.63. The number of fused-ring (bicyclic) bond motifs is 1. The minimum absolute atomic E-state index is 0.00373. The molecular weight excluding hydrogens is 457 g/mol. The average molecular weight is 490 g/mol. The molecule has 1 aromatic carbocycles. The average Bonchev–Trinajstić information content (AvgIpc) is 3.21. The monoisotopic (exact) mass is 489 g/mol. The van der Waals surface area contributed by atoms with Crippen LogP contribution in [0.4, 0.5) is 10.3 Å². The summed E-state index contributed by atoms with van der Waals surface area (Å²) in [7, 11) is 1.92. The van der Waals surface area contributed by atoms with Gasteiger partial charge in [-0.25, -0.2) is 24.3 Å². The van der Waals surface area contributed by atoms with Crippen molar-refractivity contribution in [3.8, 4) is 22.8 Å². The summed E-state index contributed by atoms with van der Waals surface area (Å²) in [6.45, 7) is 12.4. The molecule has 4 aromatic rings. The van der Waals surface area contributed by atoms with Crippen LogP contribution in [-0.2, 0) is 13.6 Å². The van der Waals surface area contributed by atoms with Gasteiger partial charge in [0.1, 0.15) is 11.4 Å². The van der Waals surface area contributed by atoms with E-state index in [9.17, 15) is 0 Å². The number of aryl methyl sites for hydroxylation is 1. The molecular formula is C26H32FN9. The Morgan fingerprint density at radius 3 is 2.33 bits per heavy atom. The van der Waals surface area contributed by atoms with Crippen molar-refractivity contribution in [3.05, 3.63) is 47.7 Å². The largest absolute Gasteiger partial charge is 0.368 e. The third-order valence-electron chi connectivity index (χ3n) is 6.80. The third kappa shape index (κ3) is 4.66. The summed E-state index contributed by atoms with van der Waals surface area (Å²) in [4.78, 5) is 22.0. The number of hydrogen-bond acceptors (Lipinski definition) is 8. The van der Waals surface area contributed by atoms with Gasteiger partial charge in [0.2, 0.25) is 5.95 Å². The molecule has 4 heterocycles. The number of nitrogens with two attached hydrogens (primary N) is 1. The van der Waals surface area contributed by atoms with E-state index in [2.05, 4.69) is 55.6 Å². The Kier molecular flexibility index (Phi) is 6.63. The van der Waals surface area contributed by atoms with Crippen molar-refractivity contribution in [1.29, 1.82) is 0 Å². The fourth-order valence-corrected chi connectivity index (χ4v) is 4.93. The van der Waals surface area contributed by atoms with Gasteiger partial charge in [0.05, 0.1) is 5.52 Å². The molecule has 1 aliphatic rings. The van der Waals surface area contributed by atoms with Crippen LogP contribution in [0.5, 0.6) is 0 Å². The molecule has 0 bridgehead atoms. The number of rotatable bonds is 6. The standard InChI is InChI=1S/C26H32FN9/c1-5-35-8-10-36(11-9-35)15-17-13-29-25(30-14-17)23-21(27)22(31-26(28)32-23)18-6-7-20-19(12-18)24(16(2)3)34(4)33-20/h6-7,12-14,16H,5,8-11,15H2,1-4H3,(H2,28,31,32). The number of aromatic nitrogens is 6. The lowest BCUT2D eigenvalue weighted by atomic mass is 10.0. The fourth-order valence-electron chi connectivity index (χ4n) is 4.93. The number of hydrogen-bond donors (Lipinski definition) is 1. The molecule has 5 rings (SSSR count). The first-order valence-electron chi connectivity index (χ1n) is 12.4. The summed E-state index contributed by atoms with van der Waals surface area (Å²) in [6.07, 6.45) is 3.48. The number of nitrogen functional groups attached to an aromatic ring is 1. The summed E-state index contributed by atoms with van der Waals surface area (Å²) in [5.74, 6) is -0.179. The van der Waals surface area contributed by atoms with E-state index in [0.29, 0.717) is 5.56 Å². The van der Waals surface area contributed by atoms with Crippen LogP contribution in [0.2, 0.25) is 0 Å². The van der Waals surface area contributed by atoms with Gasteiger partial charge in [0, 0.05) is 74.4 Å². The van der Waals surface area contributed by atoms with Gasteiger partial charge in [-0.3, -0.25) is 9.58 Å². The van der Waals surface area contributed by atoms with Gasteiger partial charge in [0.25, 0.3) is 0 Å². The van der Waals surface area contributed by atoms with E-state index in [1.807, 2.05) is 23.9 Å². The molecule has 3 aromatic heterocycles. The summed E-state index contributed by atoms with van der Waals surface area (Å²) in [6, 6.07) is 5.59. The van der Waals surface area contributed by atoms with Crippen molar-refractivity contribution >= 4 is 16.9 Å². The first kappa shape index (κ1) is 24.2. The summed E-state index contributed by atoms with van der Waals surface area (Å²) in [5, 5.41) is 5.53. The van der Waals surface area contributed by atoms with E-state index < -0.39 is 5.82 Å². The Bertz CT molecular complexity index is 1370. The van der Waals surface area contributed by atoms with Gasteiger partial charge in [-0.2, -0.15) is 5.10 Å². The van der Waals surface area contributed by atoms with Gasteiger partial charge >= 0.3 is 0 Å². The molecule has 188 valence electrons. The highest BCUT2D eigenvalue weighted by molar-refractivity contribution is 5.87. The number of likely N-dealkylation sites (N-methyl/N-ethyl adjacent to an activating group) is 1. The lowest BCUT2D eigenvalue weighted by molar-refractivity contribution is 0.132. The minimum atomic E-state index is -0.595. The summed E-state index contributed by atoms with van der Waals surface area (Å²) >= 11 is 0. The number of benzene rings is 1. The molecule has 0 amide bonds. The zero-order valence-corrected chi connectivity index (χ0v) is 21.2. The van der Waals surface area contributed by atoms with Gasteiger partial charge in [-0.05, 0) is 24.6 Å². The maximum atomic E-state index is 15.7. The topological polar surface area (TPSA) is 102 Å². The van der Waals surface area contributed by atoms with E-state index >= 15 is 4.39 Å². The van der Waals surface area contributed by atoms with Crippen molar-refractivity contribution in [2.24, 2.45) is 7.05 Å². The first-order valence-corrected chi connectivity index (χ1v) is 12.4. The molecule has 36 heavy (non-hydrogen) atoms. The van der Waals surface area contributed by atoms with Crippen LogP contribution in [0, 0.1) is 5.82 Å².